The summed E-state index contributed by atoms with van der Waals surface area (Å²) in [4.78, 5) is 12.6. The molecule has 0 aliphatic rings. The van der Waals surface area contributed by atoms with Crippen molar-refractivity contribution >= 4 is 0 Å². The summed E-state index contributed by atoms with van der Waals surface area (Å²) in [6, 6.07) is 11.6. The smallest absolute Gasteiger partial charge is 0.255 e. The molecule has 1 aromatic carbocycles. The van der Waals surface area contributed by atoms with Crippen LogP contribution in [0.2, 0.25) is 0 Å². The Morgan fingerprint density at radius 3 is 2.67 bits per heavy atom. The standard InChI is InChI=1S/C17H22N2O2/c1-4-12(2)19-16(9-8-14(11-18)17(19)20)13-6-5-7-15(10-13)21-3/h5-10,12H,4,11,18H2,1-3H3. The van der Waals surface area contributed by atoms with Crippen LogP contribution >= 0.6 is 0 Å². The van der Waals surface area contributed by atoms with E-state index in [4.69, 9.17) is 10.5 Å². The number of methoxy groups -OCH3 is 1. The van der Waals surface area contributed by atoms with E-state index in [9.17, 15) is 4.79 Å². The zero-order chi connectivity index (χ0) is 15.4. The second-order valence-electron chi connectivity index (χ2n) is 5.11. The van der Waals surface area contributed by atoms with Crippen LogP contribution in [0.5, 0.6) is 5.75 Å². The van der Waals surface area contributed by atoms with Crippen molar-refractivity contribution < 1.29 is 4.74 Å². The average Bonchev–Trinajstić information content (AvgIpc) is 2.53. The van der Waals surface area contributed by atoms with Gasteiger partial charge in [0.2, 0.25) is 0 Å². The molecule has 2 aromatic rings. The lowest BCUT2D eigenvalue weighted by molar-refractivity contribution is 0.415. The summed E-state index contributed by atoms with van der Waals surface area (Å²) in [6.07, 6.45) is 0.880. The Labute approximate surface area is 125 Å². The molecule has 0 aliphatic heterocycles. The molecule has 0 saturated heterocycles. The zero-order valence-corrected chi connectivity index (χ0v) is 12.8. The van der Waals surface area contributed by atoms with Crippen LogP contribution in [0.3, 0.4) is 0 Å². The molecule has 112 valence electrons. The molecule has 1 aromatic heterocycles. The molecule has 0 radical (unpaired) electrons. The van der Waals surface area contributed by atoms with Crippen molar-refractivity contribution in [2.75, 3.05) is 7.11 Å². The van der Waals surface area contributed by atoms with Gasteiger partial charge in [-0.3, -0.25) is 4.79 Å². The van der Waals surface area contributed by atoms with Gasteiger partial charge < -0.3 is 15.0 Å². The first kappa shape index (κ1) is 15.3. The quantitative estimate of drug-likeness (QED) is 0.919. The van der Waals surface area contributed by atoms with Crippen LogP contribution in [0.15, 0.2) is 41.2 Å². The maximum Gasteiger partial charge on any atom is 0.255 e. The van der Waals surface area contributed by atoms with Crippen LogP contribution in [-0.2, 0) is 6.54 Å². The molecule has 2 rings (SSSR count). The van der Waals surface area contributed by atoms with Gasteiger partial charge in [-0.2, -0.15) is 0 Å². The average molecular weight is 286 g/mol. The van der Waals surface area contributed by atoms with Gasteiger partial charge in [-0.1, -0.05) is 25.1 Å². The molecule has 0 saturated carbocycles. The predicted octanol–water partition coefficient (Wildman–Crippen LogP) is 2.95. The van der Waals surface area contributed by atoms with Crippen molar-refractivity contribution in [2.45, 2.75) is 32.9 Å². The fourth-order valence-electron chi connectivity index (χ4n) is 2.39. The number of ether oxygens (including phenoxy) is 1. The lowest BCUT2D eigenvalue weighted by Crippen LogP contribution is -2.28. The van der Waals surface area contributed by atoms with E-state index in [-0.39, 0.29) is 18.1 Å². The number of hydrogen-bond donors (Lipinski definition) is 1. The number of benzene rings is 1. The summed E-state index contributed by atoms with van der Waals surface area (Å²) in [7, 11) is 1.64. The largest absolute Gasteiger partial charge is 0.497 e. The molecule has 0 spiro atoms. The van der Waals surface area contributed by atoms with E-state index in [2.05, 4.69) is 6.92 Å². The van der Waals surface area contributed by atoms with Crippen LogP contribution in [-0.4, -0.2) is 11.7 Å². The Bertz CT molecular complexity index is 677. The van der Waals surface area contributed by atoms with Gasteiger partial charge in [0.15, 0.2) is 0 Å². The summed E-state index contributed by atoms with van der Waals surface area (Å²) >= 11 is 0. The molecule has 4 nitrogen and oxygen atoms in total. The Kier molecular flexibility index (Phi) is 4.81. The third kappa shape index (κ3) is 3.00. The second kappa shape index (κ2) is 6.59. The van der Waals surface area contributed by atoms with Crippen LogP contribution in [0.1, 0.15) is 31.9 Å². The number of pyridine rings is 1. The Morgan fingerprint density at radius 2 is 2.05 bits per heavy atom. The number of hydrogen-bond acceptors (Lipinski definition) is 3. The molecular weight excluding hydrogens is 264 g/mol. The molecule has 21 heavy (non-hydrogen) atoms. The van der Waals surface area contributed by atoms with E-state index >= 15 is 0 Å². The van der Waals surface area contributed by atoms with Gasteiger partial charge in [0.1, 0.15) is 5.75 Å². The lowest BCUT2D eigenvalue weighted by atomic mass is 10.1. The van der Waals surface area contributed by atoms with E-state index in [0.717, 1.165) is 23.4 Å². The molecule has 1 atom stereocenters. The number of nitrogens with two attached hydrogens (primary N) is 1. The first-order valence-corrected chi connectivity index (χ1v) is 7.21. The fourth-order valence-corrected chi connectivity index (χ4v) is 2.39. The van der Waals surface area contributed by atoms with E-state index in [1.807, 2.05) is 47.9 Å². The van der Waals surface area contributed by atoms with E-state index in [1.165, 1.54) is 0 Å². The molecule has 1 unspecified atom stereocenters. The molecule has 2 N–H and O–H groups in total. The van der Waals surface area contributed by atoms with Crippen LogP contribution < -0.4 is 16.0 Å². The van der Waals surface area contributed by atoms with Gasteiger partial charge in [-0.05, 0) is 31.5 Å². The third-order valence-corrected chi connectivity index (χ3v) is 3.81. The number of rotatable bonds is 5. The van der Waals surface area contributed by atoms with Crippen molar-refractivity contribution in [3.8, 4) is 17.0 Å². The molecule has 0 aliphatic carbocycles. The fraction of sp³-hybridized carbons (Fsp3) is 0.353. The van der Waals surface area contributed by atoms with E-state index in [0.29, 0.717) is 5.56 Å². The highest BCUT2D eigenvalue weighted by atomic mass is 16.5. The predicted molar refractivity (Wildman–Crippen MR) is 85.6 cm³/mol. The third-order valence-electron chi connectivity index (χ3n) is 3.81. The lowest BCUT2D eigenvalue weighted by Gasteiger charge is -2.20. The Balaban J connectivity index is 2.67. The summed E-state index contributed by atoms with van der Waals surface area (Å²) in [5.41, 5.74) is 8.16. The number of aromatic nitrogens is 1. The Hall–Kier alpha value is -2.07. The SMILES string of the molecule is CCC(C)n1c(-c2cccc(OC)c2)ccc(CN)c1=O. The monoisotopic (exact) mass is 286 g/mol. The highest BCUT2D eigenvalue weighted by molar-refractivity contribution is 5.62. The summed E-state index contributed by atoms with van der Waals surface area (Å²) in [5.74, 6) is 0.776. The van der Waals surface area contributed by atoms with Crippen LogP contribution in [0.4, 0.5) is 0 Å². The molecule has 0 bridgehead atoms. The minimum absolute atomic E-state index is 0.00725. The van der Waals surface area contributed by atoms with Gasteiger partial charge in [-0.25, -0.2) is 0 Å². The van der Waals surface area contributed by atoms with Gasteiger partial charge in [0, 0.05) is 23.7 Å². The maximum atomic E-state index is 12.6. The molecule has 1 heterocycles. The summed E-state index contributed by atoms with van der Waals surface area (Å²) in [6.45, 7) is 4.38. The van der Waals surface area contributed by atoms with Gasteiger partial charge in [-0.15, -0.1) is 0 Å². The molecular formula is C17H22N2O2. The molecule has 4 heteroatoms. The van der Waals surface area contributed by atoms with Crippen molar-refractivity contribution in [3.05, 3.63) is 52.3 Å². The van der Waals surface area contributed by atoms with Crippen molar-refractivity contribution in [1.29, 1.82) is 0 Å². The second-order valence-corrected chi connectivity index (χ2v) is 5.11. The van der Waals surface area contributed by atoms with Gasteiger partial charge >= 0.3 is 0 Å². The topological polar surface area (TPSA) is 57.2 Å². The molecule has 0 fully saturated rings. The first-order chi connectivity index (χ1) is 10.1. The normalized spacial score (nSPS) is 12.2. The first-order valence-electron chi connectivity index (χ1n) is 7.21. The van der Waals surface area contributed by atoms with Gasteiger partial charge in [0.25, 0.3) is 5.56 Å². The van der Waals surface area contributed by atoms with Crippen molar-refractivity contribution in [3.63, 3.8) is 0 Å². The van der Waals surface area contributed by atoms with Gasteiger partial charge in [0.05, 0.1) is 12.8 Å². The zero-order valence-electron chi connectivity index (χ0n) is 12.8. The maximum absolute atomic E-state index is 12.6. The minimum atomic E-state index is -0.00725. The molecule has 0 amide bonds. The van der Waals surface area contributed by atoms with E-state index < -0.39 is 0 Å². The highest BCUT2D eigenvalue weighted by Crippen LogP contribution is 2.26. The van der Waals surface area contributed by atoms with Crippen molar-refractivity contribution in [2.24, 2.45) is 5.73 Å². The summed E-state index contributed by atoms with van der Waals surface area (Å²) < 4.78 is 7.10. The van der Waals surface area contributed by atoms with Crippen LogP contribution in [0, 0.1) is 0 Å². The number of nitrogens with zero attached hydrogens (tertiary/aromatic N) is 1. The minimum Gasteiger partial charge on any atom is -0.497 e. The van der Waals surface area contributed by atoms with Crippen molar-refractivity contribution in [1.82, 2.24) is 4.57 Å². The Morgan fingerprint density at radius 1 is 1.29 bits per heavy atom. The summed E-state index contributed by atoms with van der Waals surface area (Å²) in [5, 5.41) is 0. The van der Waals surface area contributed by atoms with E-state index in [1.54, 1.807) is 7.11 Å². The highest BCUT2D eigenvalue weighted by Gasteiger charge is 2.14. The van der Waals surface area contributed by atoms with Crippen LogP contribution in [0.25, 0.3) is 11.3 Å².